The van der Waals surface area contributed by atoms with E-state index < -0.39 is 29.7 Å². The molecule has 4 N–H and O–H groups in total. The van der Waals surface area contributed by atoms with Crippen LogP contribution >= 0.6 is 0 Å². The Hall–Kier alpha value is -1.48. The highest BCUT2D eigenvalue weighted by atomic mass is 16.7. The number of hydrogen-bond acceptors (Lipinski definition) is 7. The molecule has 1 aromatic heterocycles. The molecule has 0 amide bonds. The van der Waals surface area contributed by atoms with Gasteiger partial charge in [-0.1, -0.05) is 0 Å². The number of fused-ring (bicyclic) bond motifs is 2. The monoisotopic (exact) mass is 269 g/mol. The zero-order chi connectivity index (χ0) is 13.8. The summed E-state index contributed by atoms with van der Waals surface area (Å²) in [5, 5.41) is 19.4. The van der Waals surface area contributed by atoms with Gasteiger partial charge in [-0.15, -0.1) is 0 Å². The third kappa shape index (κ3) is 1.61. The number of nitrogens with zero attached hydrogens (tertiary/aromatic N) is 2. The van der Waals surface area contributed by atoms with Crippen LogP contribution in [0.15, 0.2) is 11.0 Å². The molecule has 104 valence electrons. The second kappa shape index (κ2) is 4.01. The maximum atomic E-state index is 11.8. The fraction of sp³-hybridized carbons (Fsp3) is 0.636. The molecule has 1 aromatic rings. The topological polar surface area (TPSA) is 120 Å². The number of hydrogen-bond donors (Lipinski definition) is 3. The average molecular weight is 269 g/mol. The third-order valence-corrected chi connectivity index (χ3v) is 3.72. The Balaban J connectivity index is 2.02. The first kappa shape index (κ1) is 12.5. The molecule has 0 spiro atoms. The van der Waals surface area contributed by atoms with Crippen molar-refractivity contribution < 1.29 is 19.7 Å². The van der Waals surface area contributed by atoms with Crippen LogP contribution in [0, 0.1) is 6.92 Å². The van der Waals surface area contributed by atoms with Gasteiger partial charge in [-0.25, -0.2) is 4.79 Å². The number of ether oxygens (including phenoxy) is 2. The third-order valence-electron chi connectivity index (χ3n) is 3.72. The molecule has 0 aromatic carbocycles. The van der Waals surface area contributed by atoms with Crippen molar-refractivity contribution >= 4 is 5.82 Å². The standard InChI is InChI=1S/C11H15N3O5/c1-5-2-14(10(17)13-8(5)12)9-6-7(16)11(3-15,19-9)4-18-6/h2,6-7,9,15-16H,3-4H2,1H3,(H2,12,13,17). The maximum Gasteiger partial charge on any atom is 0.351 e. The second-order valence-electron chi connectivity index (χ2n) is 4.95. The molecular weight excluding hydrogens is 254 g/mol. The summed E-state index contributed by atoms with van der Waals surface area (Å²) < 4.78 is 12.3. The summed E-state index contributed by atoms with van der Waals surface area (Å²) in [7, 11) is 0. The van der Waals surface area contributed by atoms with Crippen LogP contribution in [0.2, 0.25) is 0 Å². The van der Waals surface area contributed by atoms with Crippen LogP contribution in [-0.4, -0.2) is 50.8 Å². The predicted molar refractivity (Wildman–Crippen MR) is 63.3 cm³/mol. The molecule has 0 saturated carbocycles. The van der Waals surface area contributed by atoms with Crippen molar-refractivity contribution in [2.45, 2.75) is 31.0 Å². The lowest BCUT2D eigenvalue weighted by Gasteiger charge is -2.29. The molecule has 8 heteroatoms. The maximum absolute atomic E-state index is 11.8. The second-order valence-corrected chi connectivity index (χ2v) is 4.95. The van der Waals surface area contributed by atoms with Crippen molar-refractivity contribution in [1.82, 2.24) is 9.55 Å². The van der Waals surface area contributed by atoms with Crippen molar-refractivity contribution in [1.29, 1.82) is 0 Å². The Morgan fingerprint density at radius 3 is 3.05 bits per heavy atom. The van der Waals surface area contributed by atoms with Gasteiger partial charge in [0.25, 0.3) is 0 Å². The summed E-state index contributed by atoms with van der Waals surface area (Å²) in [6, 6.07) is 0. The Morgan fingerprint density at radius 1 is 1.68 bits per heavy atom. The van der Waals surface area contributed by atoms with E-state index in [4.69, 9.17) is 15.2 Å². The van der Waals surface area contributed by atoms with Crippen molar-refractivity contribution in [2.75, 3.05) is 18.9 Å². The van der Waals surface area contributed by atoms with Gasteiger partial charge in [-0.3, -0.25) is 4.57 Å². The van der Waals surface area contributed by atoms with Crippen LogP contribution in [0.1, 0.15) is 11.8 Å². The average Bonchev–Trinajstić information content (AvgIpc) is 2.85. The first-order valence-electron chi connectivity index (χ1n) is 5.92. The Labute approximate surface area is 108 Å². The van der Waals surface area contributed by atoms with Crippen molar-refractivity contribution in [3.63, 3.8) is 0 Å². The Bertz CT molecular complexity index is 574. The molecule has 2 aliphatic heterocycles. The Morgan fingerprint density at radius 2 is 2.42 bits per heavy atom. The zero-order valence-electron chi connectivity index (χ0n) is 10.3. The molecule has 2 saturated heterocycles. The lowest BCUT2D eigenvalue weighted by atomic mass is 10.0. The molecule has 0 radical (unpaired) electrons. The molecule has 2 aliphatic rings. The molecule has 4 unspecified atom stereocenters. The first-order chi connectivity index (χ1) is 8.98. The minimum absolute atomic E-state index is 0.0992. The summed E-state index contributed by atoms with van der Waals surface area (Å²) in [6.07, 6.45) is -0.978. The van der Waals surface area contributed by atoms with Gasteiger partial charge in [-0.2, -0.15) is 4.98 Å². The van der Waals surface area contributed by atoms with Gasteiger partial charge in [-0.05, 0) is 6.92 Å². The summed E-state index contributed by atoms with van der Waals surface area (Å²) in [4.78, 5) is 15.5. The van der Waals surface area contributed by atoms with Crippen LogP contribution in [0.25, 0.3) is 0 Å². The lowest BCUT2D eigenvalue weighted by molar-refractivity contribution is -0.187. The lowest BCUT2D eigenvalue weighted by Crippen LogP contribution is -2.44. The number of nitrogen functional groups attached to an aromatic ring is 1. The summed E-state index contributed by atoms with van der Waals surface area (Å²) >= 11 is 0. The molecule has 3 rings (SSSR count). The van der Waals surface area contributed by atoms with Crippen LogP contribution in [0.3, 0.4) is 0 Å². The van der Waals surface area contributed by atoms with E-state index in [0.29, 0.717) is 5.56 Å². The predicted octanol–water partition coefficient (Wildman–Crippen LogP) is -1.85. The number of aryl methyl sites for hydroxylation is 1. The minimum atomic E-state index is -1.16. The van der Waals surface area contributed by atoms with Gasteiger partial charge in [0.15, 0.2) is 6.23 Å². The molecule has 2 fully saturated rings. The number of nitrogens with two attached hydrogens (primary N) is 1. The van der Waals surface area contributed by atoms with Crippen LogP contribution in [0.5, 0.6) is 0 Å². The number of aliphatic hydroxyl groups is 2. The smallest absolute Gasteiger partial charge is 0.351 e. The van der Waals surface area contributed by atoms with E-state index in [9.17, 15) is 15.0 Å². The van der Waals surface area contributed by atoms with Crippen LogP contribution in [0.4, 0.5) is 5.82 Å². The highest BCUT2D eigenvalue weighted by molar-refractivity contribution is 5.35. The van der Waals surface area contributed by atoms with E-state index in [1.807, 2.05) is 0 Å². The first-order valence-corrected chi connectivity index (χ1v) is 5.92. The minimum Gasteiger partial charge on any atom is -0.393 e. The molecular formula is C11H15N3O5. The van der Waals surface area contributed by atoms with Crippen LogP contribution in [-0.2, 0) is 9.47 Å². The van der Waals surface area contributed by atoms with Gasteiger partial charge < -0.3 is 25.4 Å². The molecule has 8 nitrogen and oxygen atoms in total. The van der Waals surface area contributed by atoms with Gasteiger partial charge in [0, 0.05) is 11.8 Å². The molecule has 4 atom stereocenters. The van der Waals surface area contributed by atoms with Gasteiger partial charge in [0.1, 0.15) is 23.6 Å². The van der Waals surface area contributed by atoms with Gasteiger partial charge in [0.05, 0.1) is 13.2 Å². The number of aromatic nitrogens is 2. The van der Waals surface area contributed by atoms with Gasteiger partial charge in [0.2, 0.25) is 0 Å². The van der Waals surface area contributed by atoms with E-state index in [2.05, 4.69) is 4.98 Å². The fourth-order valence-electron chi connectivity index (χ4n) is 2.52. The largest absolute Gasteiger partial charge is 0.393 e. The van der Waals surface area contributed by atoms with E-state index in [0.717, 1.165) is 0 Å². The van der Waals surface area contributed by atoms with E-state index in [1.165, 1.54) is 10.8 Å². The number of rotatable bonds is 2. The zero-order valence-corrected chi connectivity index (χ0v) is 10.3. The molecule has 19 heavy (non-hydrogen) atoms. The van der Waals surface area contributed by atoms with E-state index >= 15 is 0 Å². The molecule has 0 aliphatic carbocycles. The fourth-order valence-corrected chi connectivity index (χ4v) is 2.52. The number of anilines is 1. The molecule has 3 heterocycles. The van der Waals surface area contributed by atoms with Crippen molar-refractivity contribution in [3.05, 3.63) is 22.2 Å². The SMILES string of the molecule is Cc1cn(C2OC3(CO)COC2C3O)c(=O)nc1N. The molecule has 2 bridgehead atoms. The van der Waals surface area contributed by atoms with Crippen LogP contribution < -0.4 is 11.4 Å². The van der Waals surface area contributed by atoms with Crippen molar-refractivity contribution in [3.8, 4) is 0 Å². The highest BCUT2D eigenvalue weighted by Gasteiger charge is 2.61. The summed E-state index contributed by atoms with van der Waals surface area (Å²) in [5.74, 6) is 0.155. The normalized spacial score (nSPS) is 36.9. The number of aliphatic hydroxyl groups excluding tert-OH is 2. The summed E-state index contributed by atoms with van der Waals surface area (Å²) in [5.41, 5.74) is 4.44. The summed E-state index contributed by atoms with van der Waals surface area (Å²) in [6.45, 7) is 1.43. The van der Waals surface area contributed by atoms with E-state index in [-0.39, 0.29) is 19.0 Å². The Kier molecular flexibility index (Phi) is 2.65. The highest BCUT2D eigenvalue weighted by Crippen LogP contribution is 2.44. The van der Waals surface area contributed by atoms with Crippen molar-refractivity contribution in [2.24, 2.45) is 0 Å². The quantitative estimate of drug-likeness (QED) is 0.576. The van der Waals surface area contributed by atoms with Gasteiger partial charge >= 0.3 is 5.69 Å². The van der Waals surface area contributed by atoms with E-state index in [1.54, 1.807) is 6.92 Å².